The number of hydrogen-bond donors (Lipinski definition) is 1. The molecule has 2 saturated heterocycles. The Balaban J connectivity index is 1.30. The summed E-state index contributed by atoms with van der Waals surface area (Å²) in [6.45, 7) is 8.58. The molecule has 2 aliphatic rings. The van der Waals surface area contributed by atoms with Crippen LogP contribution in [0.3, 0.4) is 0 Å². The first kappa shape index (κ1) is 20.2. The average molecular weight is 413 g/mol. The maximum absolute atomic E-state index is 12.8. The normalized spacial score (nSPS) is 19.9. The number of piperidine rings is 1. The molecule has 6 heteroatoms. The second kappa shape index (κ2) is 9.63. The number of carbonyl (C=O) groups is 1. The molecule has 0 spiro atoms. The summed E-state index contributed by atoms with van der Waals surface area (Å²) < 4.78 is 0. The van der Waals surface area contributed by atoms with Crippen LogP contribution in [-0.2, 0) is 0 Å². The number of para-hydroxylation sites is 1. The van der Waals surface area contributed by atoms with E-state index >= 15 is 0 Å². The third-order valence-electron chi connectivity index (χ3n) is 6.27. The number of nitrogens with one attached hydrogen (secondary N) is 1. The maximum Gasteiger partial charge on any atom is 0.317 e. The molecule has 2 amide bonds. The second-order valence-corrected chi connectivity index (χ2v) is 9.22. The summed E-state index contributed by atoms with van der Waals surface area (Å²) >= 11 is 1.80. The van der Waals surface area contributed by atoms with Gasteiger partial charge in [-0.25, -0.2) is 4.79 Å². The number of nitrogens with zero attached hydrogens (tertiary/aromatic N) is 3. The first-order valence-electron chi connectivity index (χ1n) is 10.8. The molecule has 156 valence electrons. The SMILES string of the molecule is CC1CCN([C@@H](CNC(=O)N2CCN(c3ccccc3)CC2)c2cccs2)CC1. The van der Waals surface area contributed by atoms with Gasteiger partial charge in [-0.3, -0.25) is 4.90 Å². The summed E-state index contributed by atoms with van der Waals surface area (Å²) in [5, 5.41) is 5.38. The molecule has 5 nitrogen and oxygen atoms in total. The van der Waals surface area contributed by atoms with E-state index in [9.17, 15) is 4.79 Å². The molecule has 0 bridgehead atoms. The Bertz CT molecular complexity index is 750. The third kappa shape index (κ3) is 5.11. The molecule has 29 heavy (non-hydrogen) atoms. The average Bonchev–Trinajstić information content (AvgIpc) is 3.30. The highest BCUT2D eigenvalue weighted by Crippen LogP contribution is 2.29. The predicted octanol–water partition coefficient (Wildman–Crippen LogP) is 4.05. The van der Waals surface area contributed by atoms with Gasteiger partial charge in [0.25, 0.3) is 0 Å². The molecular weight excluding hydrogens is 380 g/mol. The minimum atomic E-state index is 0.0737. The van der Waals surface area contributed by atoms with Crippen molar-refractivity contribution in [3.8, 4) is 0 Å². The van der Waals surface area contributed by atoms with Crippen LogP contribution in [0.15, 0.2) is 47.8 Å². The van der Waals surface area contributed by atoms with E-state index in [0.29, 0.717) is 6.54 Å². The maximum atomic E-state index is 12.8. The molecule has 1 N–H and O–H groups in total. The van der Waals surface area contributed by atoms with Crippen molar-refractivity contribution in [2.45, 2.75) is 25.8 Å². The van der Waals surface area contributed by atoms with E-state index < -0.39 is 0 Å². The van der Waals surface area contributed by atoms with E-state index in [2.05, 4.69) is 63.8 Å². The van der Waals surface area contributed by atoms with Gasteiger partial charge >= 0.3 is 6.03 Å². The van der Waals surface area contributed by atoms with Crippen molar-refractivity contribution in [1.29, 1.82) is 0 Å². The van der Waals surface area contributed by atoms with Crippen molar-refractivity contribution in [3.05, 3.63) is 52.7 Å². The fraction of sp³-hybridized carbons (Fsp3) is 0.522. The van der Waals surface area contributed by atoms with Crippen LogP contribution in [0, 0.1) is 5.92 Å². The van der Waals surface area contributed by atoms with Gasteiger partial charge in [0.1, 0.15) is 0 Å². The summed E-state index contributed by atoms with van der Waals surface area (Å²) in [7, 11) is 0. The summed E-state index contributed by atoms with van der Waals surface area (Å²) in [6.07, 6.45) is 2.49. The van der Waals surface area contributed by atoms with Crippen LogP contribution >= 0.6 is 11.3 Å². The quantitative estimate of drug-likeness (QED) is 0.805. The standard InChI is InChI=1S/C23H32N4OS/c1-19-9-11-26(12-10-19)21(22-8-5-17-29-22)18-24-23(28)27-15-13-25(14-16-27)20-6-3-2-4-7-20/h2-8,17,19,21H,9-16,18H2,1H3,(H,24,28)/t21-/m0/s1. The molecule has 1 atom stereocenters. The molecule has 0 radical (unpaired) electrons. The molecule has 2 fully saturated rings. The first-order chi connectivity index (χ1) is 14.2. The van der Waals surface area contributed by atoms with E-state index in [1.54, 1.807) is 11.3 Å². The minimum Gasteiger partial charge on any atom is -0.368 e. The Kier molecular flexibility index (Phi) is 6.72. The number of rotatable bonds is 5. The van der Waals surface area contributed by atoms with Crippen molar-refractivity contribution in [1.82, 2.24) is 15.1 Å². The van der Waals surface area contributed by atoms with Gasteiger partial charge in [0.05, 0.1) is 6.04 Å². The van der Waals surface area contributed by atoms with Crippen LogP contribution in [-0.4, -0.2) is 61.6 Å². The number of benzene rings is 1. The van der Waals surface area contributed by atoms with Gasteiger partial charge in [-0.2, -0.15) is 0 Å². The lowest BCUT2D eigenvalue weighted by molar-refractivity contribution is 0.134. The summed E-state index contributed by atoms with van der Waals surface area (Å²) in [6, 6.07) is 15.1. The van der Waals surface area contributed by atoms with E-state index in [1.807, 2.05) is 11.0 Å². The van der Waals surface area contributed by atoms with Crippen LogP contribution < -0.4 is 10.2 Å². The number of piperazine rings is 1. The van der Waals surface area contributed by atoms with E-state index in [-0.39, 0.29) is 12.1 Å². The molecule has 1 aromatic heterocycles. The number of amides is 2. The lowest BCUT2D eigenvalue weighted by Crippen LogP contribution is -2.53. The zero-order valence-electron chi connectivity index (χ0n) is 17.3. The Morgan fingerprint density at radius 3 is 2.41 bits per heavy atom. The molecule has 1 aromatic carbocycles. The molecule has 3 heterocycles. The Hall–Kier alpha value is -2.05. The van der Waals surface area contributed by atoms with Crippen LogP contribution in [0.2, 0.25) is 0 Å². The fourth-order valence-corrected chi connectivity index (χ4v) is 5.19. The van der Waals surface area contributed by atoms with Crippen LogP contribution in [0.4, 0.5) is 10.5 Å². The van der Waals surface area contributed by atoms with E-state index in [1.165, 1.54) is 23.4 Å². The first-order valence-corrected chi connectivity index (χ1v) is 11.7. The van der Waals surface area contributed by atoms with Gasteiger partial charge in [0.2, 0.25) is 0 Å². The van der Waals surface area contributed by atoms with Crippen LogP contribution in [0.1, 0.15) is 30.7 Å². The number of hydrogen-bond acceptors (Lipinski definition) is 4. The number of carbonyl (C=O) groups excluding carboxylic acids is 1. The van der Waals surface area contributed by atoms with Crippen molar-refractivity contribution in [2.75, 3.05) is 50.7 Å². The molecule has 0 saturated carbocycles. The highest BCUT2D eigenvalue weighted by molar-refractivity contribution is 7.10. The van der Waals surface area contributed by atoms with Crippen LogP contribution in [0.5, 0.6) is 0 Å². The minimum absolute atomic E-state index is 0.0737. The molecule has 2 aromatic rings. The zero-order valence-corrected chi connectivity index (χ0v) is 18.1. The topological polar surface area (TPSA) is 38.8 Å². The van der Waals surface area contributed by atoms with Crippen molar-refractivity contribution in [3.63, 3.8) is 0 Å². The van der Waals surface area contributed by atoms with Gasteiger partial charge in [0, 0.05) is 43.3 Å². The summed E-state index contributed by atoms with van der Waals surface area (Å²) in [4.78, 5) is 21.1. The smallest absolute Gasteiger partial charge is 0.317 e. The summed E-state index contributed by atoms with van der Waals surface area (Å²) in [5.41, 5.74) is 1.24. The fourth-order valence-electron chi connectivity index (χ4n) is 4.33. The van der Waals surface area contributed by atoms with E-state index in [4.69, 9.17) is 0 Å². The summed E-state index contributed by atoms with van der Waals surface area (Å²) in [5.74, 6) is 0.811. The third-order valence-corrected chi connectivity index (χ3v) is 7.24. The Morgan fingerprint density at radius 1 is 1.03 bits per heavy atom. The number of likely N-dealkylation sites (tertiary alicyclic amines) is 1. The number of urea groups is 1. The highest BCUT2D eigenvalue weighted by Gasteiger charge is 2.27. The predicted molar refractivity (Wildman–Crippen MR) is 121 cm³/mol. The highest BCUT2D eigenvalue weighted by atomic mass is 32.1. The van der Waals surface area contributed by atoms with E-state index in [0.717, 1.165) is 45.2 Å². The molecule has 0 unspecified atom stereocenters. The van der Waals surface area contributed by atoms with Gasteiger partial charge in [-0.15, -0.1) is 11.3 Å². The largest absolute Gasteiger partial charge is 0.368 e. The molecule has 2 aliphatic heterocycles. The monoisotopic (exact) mass is 412 g/mol. The van der Waals surface area contributed by atoms with Crippen LogP contribution in [0.25, 0.3) is 0 Å². The molecule has 4 rings (SSSR count). The lowest BCUT2D eigenvalue weighted by atomic mass is 9.97. The molecular formula is C23H32N4OS. The van der Waals surface area contributed by atoms with Gasteiger partial charge in [-0.05, 0) is 55.4 Å². The molecule has 0 aliphatic carbocycles. The Morgan fingerprint density at radius 2 is 1.76 bits per heavy atom. The van der Waals surface area contributed by atoms with Gasteiger partial charge in [-0.1, -0.05) is 31.2 Å². The second-order valence-electron chi connectivity index (χ2n) is 8.25. The van der Waals surface area contributed by atoms with Crippen molar-refractivity contribution >= 4 is 23.1 Å². The number of anilines is 1. The number of thiophene rings is 1. The van der Waals surface area contributed by atoms with Crippen molar-refractivity contribution in [2.24, 2.45) is 5.92 Å². The van der Waals surface area contributed by atoms with Crippen molar-refractivity contribution < 1.29 is 4.79 Å². The van der Waals surface area contributed by atoms with Gasteiger partial charge < -0.3 is 15.1 Å². The zero-order chi connectivity index (χ0) is 20.1. The Labute approximate surface area is 178 Å². The van der Waals surface area contributed by atoms with Gasteiger partial charge in [0.15, 0.2) is 0 Å². The lowest BCUT2D eigenvalue weighted by Gasteiger charge is -2.38.